The molecule has 0 radical (unpaired) electrons. The van der Waals surface area contributed by atoms with Crippen molar-refractivity contribution in [2.24, 2.45) is 0 Å². The summed E-state index contributed by atoms with van der Waals surface area (Å²) in [6, 6.07) is 11.2. The fourth-order valence-electron chi connectivity index (χ4n) is 4.43. The molecular weight excluding hydrogens is 420 g/mol. The first-order chi connectivity index (χ1) is 15.5. The average molecular weight is 455 g/mol. The fourth-order valence-corrected chi connectivity index (χ4v) is 5.16. The molecule has 2 aromatic heterocycles. The van der Waals surface area contributed by atoms with Gasteiger partial charge >= 0.3 is 0 Å². The second-order valence-electron chi connectivity index (χ2n) is 8.83. The zero-order valence-corrected chi connectivity index (χ0v) is 20.1. The second kappa shape index (κ2) is 10.6. The molecule has 1 aliphatic rings. The van der Waals surface area contributed by atoms with Crippen molar-refractivity contribution >= 4 is 22.2 Å². The molecule has 8 heteroatoms. The summed E-state index contributed by atoms with van der Waals surface area (Å²) in [6.45, 7) is 4.49. The number of aromatic nitrogens is 2. The first-order valence-electron chi connectivity index (χ1n) is 11.5. The lowest BCUT2D eigenvalue weighted by Crippen LogP contribution is -2.39. The van der Waals surface area contributed by atoms with Crippen molar-refractivity contribution < 1.29 is 4.79 Å². The van der Waals surface area contributed by atoms with Gasteiger partial charge in [-0.15, -0.1) is 11.3 Å². The molecule has 2 N–H and O–H groups in total. The van der Waals surface area contributed by atoms with Gasteiger partial charge < -0.3 is 4.90 Å². The highest BCUT2D eigenvalue weighted by molar-refractivity contribution is 7.15. The van der Waals surface area contributed by atoms with Gasteiger partial charge in [-0.1, -0.05) is 43.7 Å². The third kappa shape index (κ3) is 5.38. The monoisotopic (exact) mass is 454 g/mol. The van der Waals surface area contributed by atoms with Crippen molar-refractivity contribution in [1.82, 2.24) is 30.0 Å². The molecule has 3 aromatic rings. The molecule has 3 heterocycles. The molecule has 2 atom stereocenters. The Kier molecular flexibility index (Phi) is 7.57. The average Bonchev–Trinajstić information content (AvgIpc) is 3.50. The maximum absolute atomic E-state index is 13.3. The number of nitrogens with zero attached hydrogens (tertiary/aromatic N) is 4. The highest BCUT2D eigenvalue weighted by Gasteiger charge is 2.26. The van der Waals surface area contributed by atoms with Crippen molar-refractivity contribution in [2.75, 3.05) is 27.2 Å². The molecule has 1 aliphatic heterocycles. The van der Waals surface area contributed by atoms with E-state index in [-0.39, 0.29) is 5.91 Å². The first kappa shape index (κ1) is 22.9. The Morgan fingerprint density at radius 2 is 2.00 bits per heavy atom. The van der Waals surface area contributed by atoms with Crippen molar-refractivity contribution in [3.63, 3.8) is 0 Å². The molecule has 1 amide bonds. The summed E-state index contributed by atoms with van der Waals surface area (Å²) in [5.74, 6) is -0.0103. The van der Waals surface area contributed by atoms with Crippen LogP contribution in [0.2, 0.25) is 0 Å². The van der Waals surface area contributed by atoms with Gasteiger partial charge in [0.2, 0.25) is 0 Å². The van der Waals surface area contributed by atoms with Crippen LogP contribution in [0, 0.1) is 0 Å². The van der Waals surface area contributed by atoms with Gasteiger partial charge in [0, 0.05) is 50.3 Å². The third-order valence-corrected chi connectivity index (χ3v) is 6.90. The maximum atomic E-state index is 13.3. The normalized spacial score (nSPS) is 18.6. The van der Waals surface area contributed by atoms with Crippen LogP contribution < -0.4 is 10.9 Å². The van der Waals surface area contributed by atoms with Crippen molar-refractivity contribution in [2.45, 2.75) is 51.2 Å². The number of benzene rings is 1. The lowest BCUT2D eigenvalue weighted by molar-refractivity contribution is 0.0789. The van der Waals surface area contributed by atoms with E-state index in [1.54, 1.807) is 16.2 Å². The Labute approximate surface area is 194 Å². The van der Waals surface area contributed by atoms with E-state index in [2.05, 4.69) is 46.3 Å². The number of thiazole rings is 1. The Hall–Kier alpha value is -2.26. The topological polar surface area (TPSA) is 64.9 Å². The summed E-state index contributed by atoms with van der Waals surface area (Å²) >= 11 is 1.57. The number of carbonyl (C=O) groups excluding carboxylic acids is 1. The lowest BCUT2D eigenvalue weighted by atomic mass is 10.1. The van der Waals surface area contributed by atoms with Gasteiger partial charge in [0.1, 0.15) is 0 Å². The summed E-state index contributed by atoms with van der Waals surface area (Å²) in [5, 5.41) is 2.02. The van der Waals surface area contributed by atoms with E-state index in [4.69, 9.17) is 4.98 Å². The Morgan fingerprint density at radius 3 is 2.78 bits per heavy atom. The second-order valence-corrected chi connectivity index (χ2v) is 9.70. The number of amides is 1. The molecule has 1 fully saturated rings. The first-order valence-corrected chi connectivity index (χ1v) is 12.4. The minimum atomic E-state index is -0.0103. The molecule has 1 aromatic carbocycles. The van der Waals surface area contributed by atoms with Crippen LogP contribution in [0.3, 0.4) is 0 Å². The molecule has 7 nitrogen and oxygen atoms in total. The van der Waals surface area contributed by atoms with Gasteiger partial charge in [0.25, 0.3) is 5.91 Å². The smallest absolute Gasteiger partial charge is 0.274 e. The Morgan fingerprint density at radius 1 is 1.22 bits per heavy atom. The van der Waals surface area contributed by atoms with Crippen LogP contribution in [0.5, 0.6) is 0 Å². The molecule has 172 valence electrons. The van der Waals surface area contributed by atoms with Crippen LogP contribution in [0.4, 0.5) is 0 Å². The number of likely N-dealkylation sites (N-methyl/N-ethyl adjacent to an activating group) is 2. The molecule has 0 saturated carbocycles. The fraction of sp³-hybridized carbons (Fsp3) is 0.500. The van der Waals surface area contributed by atoms with E-state index in [1.165, 1.54) is 18.4 Å². The van der Waals surface area contributed by atoms with Gasteiger partial charge in [0.15, 0.2) is 10.7 Å². The quantitative estimate of drug-likeness (QED) is 0.493. The number of carbonyl (C=O) groups is 1. The van der Waals surface area contributed by atoms with E-state index < -0.39 is 0 Å². The summed E-state index contributed by atoms with van der Waals surface area (Å²) in [6.07, 6.45) is 6.37. The van der Waals surface area contributed by atoms with Crippen LogP contribution >= 0.6 is 11.3 Å². The Bertz CT molecular complexity index is 1020. The van der Waals surface area contributed by atoms with Gasteiger partial charge in [-0.25, -0.2) is 4.98 Å². The highest BCUT2D eigenvalue weighted by atomic mass is 32.1. The number of nitrogens with one attached hydrogen (secondary N) is 2. The summed E-state index contributed by atoms with van der Waals surface area (Å²) in [4.78, 5) is 23.0. The van der Waals surface area contributed by atoms with Gasteiger partial charge in [-0.2, -0.15) is 0 Å². The SMILES string of the molecule is CCCC1CC(CN(C)Cc2c(C(=O)N(C)CCc3ccccc3)nc3sccn23)NN1. The van der Waals surface area contributed by atoms with Crippen molar-refractivity contribution in [3.05, 3.63) is 58.9 Å². The molecule has 0 spiro atoms. The maximum Gasteiger partial charge on any atom is 0.274 e. The van der Waals surface area contributed by atoms with Gasteiger partial charge in [0.05, 0.1) is 5.69 Å². The summed E-state index contributed by atoms with van der Waals surface area (Å²) in [5.41, 5.74) is 9.62. The van der Waals surface area contributed by atoms with Crippen LogP contribution in [0.1, 0.15) is 47.9 Å². The Balaban J connectivity index is 1.42. The third-order valence-electron chi connectivity index (χ3n) is 6.14. The number of hydrogen-bond donors (Lipinski definition) is 2. The number of hydrazine groups is 1. The number of hydrogen-bond acceptors (Lipinski definition) is 6. The molecule has 1 saturated heterocycles. The van der Waals surface area contributed by atoms with E-state index in [9.17, 15) is 4.79 Å². The molecule has 4 rings (SSSR count). The highest BCUT2D eigenvalue weighted by Crippen LogP contribution is 2.21. The number of fused-ring (bicyclic) bond motifs is 1. The van der Waals surface area contributed by atoms with Crippen LogP contribution in [-0.2, 0) is 13.0 Å². The van der Waals surface area contributed by atoms with E-state index in [0.29, 0.717) is 30.9 Å². The summed E-state index contributed by atoms with van der Waals surface area (Å²) in [7, 11) is 3.99. The largest absolute Gasteiger partial charge is 0.340 e. The predicted molar refractivity (Wildman–Crippen MR) is 130 cm³/mol. The molecular formula is C24H34N6OS. The van der Waals surface area contributed by atoms with Crippen LogP contribution in [0.15, 0.2) is 41.9 Å². The minimum absolute atomic E-state index is 0.0103. The molecule has 2 unspecified atom stereocenters. The van der Waals surface area contributed by atoms with E-state index in [0.717, 1.165) is 30.0 Å². The van der Waals surface area contributed by atoms with Gasteiger partial charge in [-0.3, -0.25) is 24.9 Å². The van der Waals surface area contributed by atoms with Crippen LogP contribution in [0.25, 0.3) is 4.96 Å². The predicted octanol–water partition coefficient (Wildman–Crippen LogP) is 3.18. The lowest BCUT2D eigenvalue weighted by Gasteiger charge is -2.22. The molecule has 0 aliphatic carbocycles. The zero-order chi connectivity index (χ0) is 22.5. The minimum Gasteiger partial charge on any atom is -0.340 e. The van der Waals surface area contributed by atoms with E-state index >= 15 is 0 Å². The zero-order valence-electron chi connectivity index (χ0n) is 19.3. The van der Waals surface area contributed by atoms with Crippen LogP contribution in [-0.4, -0.2) is 64.4 Å². The number of imidazole rings is 1. The molecule has 0 bridgehead atoms. The standard InChI is InChI=1S/C24H34N6OS/c1-4-8-19-15-20(27-26-19)16-28(2)17-21-22(25-24-30(21)13-14-32-24)23(31)29(3)12-11-18-9-6-5-7-10-18/h5-7,9-10,13-14,19-20,26-27H,4,8,11-12,15-17H2,1-3H3. The van der Waals surface area contributed by atoms with Crippen molar-refractivity contribution in [3.8, 4) is 0 Å². The summed E-state index contributed by atoms with van der Waals surface area (Å²) < 4.78 is 2.07. The van der Waals surface area contributed by atoms with E-state index in [1.807, 2.05) is 36.8 Å². The molecule has 32 heavy (non-hydrogen) atoms. The number of rotatable bonds is 10. The van der Waals surface area contributed by atoms with Gasteiger partial charge in [-0.05, 0) is 31.9 Å². The van der Waals surface area contributed by atoms with Crippen molar-refractivity contribution in [1.29, 1.82) is 0 Å².